The molecule has 3 rings (SSSR count). The first kappa shape index (κ1) is 36.4. The zero-order valence-corrected chi connectivity index (χ0v) is 27.6. The van der Waals surface area contributed by atoms with Crippen molar-refractivity contribution < 1.29 is 33.4 Å². The lowest BCUT2D eigenvalue weighted by molar-refractivity contribution is -0.111. The number of hydrogen-bond donors (Lipinski definition) is 1. The maximum Gasteiger partial charge on any atom is 0.410 e. The minimum absolute atomic E-state index is 0.0643. The van der Waals surface area contributed by atoms with E-state index in [1.54, 1.807) is 11.9 Å². The van der Waals surface area contributed by atoms with Gasteiger partial charge in [0, 0.05) is 44.2 Å². The first-order valence-corrected chi connectivity index (χ1v) is 16.2. The number of benzene rings is 1. The zero-order valence-electron chi connectivity index (χ0n) is 27.6. The largest absolute Gasteiger partial charge is 0.442 e. The number of carbonyl (C=O) groups is 3. The number of nitrogens with zero attached hydrogens (tertiary/aromatic N) is 3. The summed E-state index contributed by atoms with van der Waals surface area (Å²) in [6, 6.07) is 5.01. The summed E-state index contributed by atoms with van der Waals surface area (Å²) in [7, 11) is 3.84. The summed E-state index contributed by atoms with van der Waals surface area (Å²) in [6.45, 7) is 10.2. The molecule has 1 N–H and O–H groups in total. The van der Waals surface area contributed by atoms with E-state index in [1.807, 2.05) is 45.1 Å². The Morgan fingerprint density at radius 1 is 1.11 bits per heavy atom. The van der Waals surface area contributed by atoms with Gasteiger partial charge < -0.3 is 38.9 Å². The van der Waals surface area contributed by atoms with E-state index in [2.05, 4.69) is 16.8 Å². The molecule has 0 bridgehead atoms. The van der Waals surface area contributed by atoms with Crippen LogP contribution in [-0.2, 0) is 19.1 Å². The molecule has 250 valence electrons. The highest BCUT2D eigenvalue weighted by atomic mass is 19.1. The number of hydrogen-bond acceptors (Lipinski definition) is 8. The van der Waals surface area contributed by atoms with E-state index in [4.69, 9.17) is 9.47 Å². The van der Waals surface area contributed by atoms with Gasteiger partial charge in [0.1, 0.15) is 24.5 Å². The second-order valence-electron chi connectivity index (χ2n) is 12.7. The minimum Gasteiger partial charge on any atom is -0.442 e. The predicted octanol–water partition coefficient (Wildman–Crippen LogP) is 4.97. The molecule has 2 saturated heterocycles. The number of carbonyl (C=O) groups excluding carboxylic acids is 3. The van der Waals surface area contributed by atoms with Gasteiger partial charge >= 0.3 is 6.09 Å². The van der Waals surface area contributed by atoms with Crippen LogP contribution in [0.5, 0.6) is 0 Å². The standard InChI is InChI=1S/C35H52FN3O6/c1-25(33(24-41)27(3)20-28-21-29(36)23-31(22-28)39-15-18-44-19-16-39)7-9-34(26(2)6-8-32(42)12-17-40)45-35(43)38(5)30-10-13-37(4)14-11-30/h7,9,17,20-26,30,32-34,42H,6,8,10-16,18-19H2,1-5H3/b9-7+,27-20+/t25-,26-,32+,33-,34-/m0/s1. The minimum atomic E-state index is -0.745. The summed E-state index contributed by atoms with van der Waals surface area (Å²) in [5.74, 6) is -1.18. The number of aldehydes is 2. The second kappa shape index (κ2) is 18.2. The fraction of sp³-hybridized carbons (Fsp3) is 0.629. The van der Waals surface area contributed by atoms with Crippen molar-refractivity contribution in [2.24, 2.45) is 17.8 Å². The number of rotatable bonds is 15. The number of anilines is 1. The van der Waals surface area contributed by atoms with E-state index in [1.165, 1.54) is 12.1 Å². The van der Waals surface area contributed by atoms with Crippen molar-refractivity contribution in [3.63, 3.8) is 0 Å². The fourth-order valence-corrected chi connectivity index (χ4v) is 6.02. The molecule has 0 spiro atoms. The molecule has 2 fully saturated rings. The van der Waals surface area contributed by atoms with Crippen LogP contribution in [0.25, 0.3) is 6.08 Å². The number of likely N-dealkylation sites (tertiary alicyclic amines) is 1. The molecule has 0 saturated carbocycles. The Bertz CT molecular complexity index is 1160. The van der Waals surface area contributed by atoms with E-state index >= 15 is 0 Å². The molecule has 5 atom stereocenters. The van der Waals surface area contributed by atoms with Gasteiger partial charge in [0.2, 0.25) is 0 Å². The number of halogens is 1. The Hall–Kier alpha value is -3.08. The Balaban J connectivity index is 1.75. The van der Waals surface area contributed by atoms with Gasteiger partial charge in [-0.15, -0.1) is 0 Å². The van der Waals surface area contributed by atoms with Crippen molar-refractivity contribution in [1.29, 1.82) is 0 Å². The molecule has 1 aromatic carbocycles. The molecule has 9 nitrogen and oxygen atoms in total. The van der Waals surface area contributed by atoms with E-state index in [0.717, 1.165) is 43.5 Å². The number of piperidine rings is 1. The smallest absolute Gasteiger partial charge is 0.410 e. The monoisotopic (exact) mass is 629 g/mol. The quantitative estimate of drug-likeness (QED) is 0.215. The van der Waals surface area contributed by atoms with Gasteiger partial charge in [0.25, 0.3) is 0 Å². The molecular formula is C35H52FN3O6. The van der Waals surface area contributed by atoms with Crippen molar-refractivity contribution in [3.05, 3.63) is 47.3 Å². The van der Waals surface area contributed by atoms with Crippen LogP contribution in [0.15, 0.2) is 35.9 Å². The Morgan fingerprint density at radius 3 is 2.44 bits per heavy atom. The third kappa shape index (κ3) is 11.3. The summed E-state index contributed by atoms with van der Waals surface area (Å²) < 4.78 is 26.0. The molecule has 2 aliphatic heterocycles. The average Bonchev–Trinajstić information content (AvgIpc) is 3.02. The number of allylic oxidation sites excluding steroid dienone is 2. The summed E-state index contributed by atoms with van der Waals surface area (Å²) in [5.41, 5.74) is 2.26. The van der Waals surface area contributed by atoms with Crippen LogP contribution >= 0.6 is 0 Å². The maximum absolute atomic E-state index is 14.6. The van der Waals surface area contributed by atoms with E-state index in [9.17, 15) is 23.9 Å². The highest BCUT2D eigenvalue weighted by Gasteiger charge is 2.28. The van der Waals surface area contributed by atoms with E-state index in [0.29, 0.717) is 51.0 Å². The average molecular weight is 630 g/mol. The lowest BCUT2D eigenvalue weighted by Crippen LogP contribution is -2.45. The van der Waals surface area contributed by atoms with Crippen LogP contribution < -0.4 is 4.90 Å². The summed E-state index contributed by atoms with van der Waals surface area (Å²) >= 11 is 0. The normalized spacial score (nSPS) is 20.3. The van der Waals surface area contributed by atoms with Crippen LogP contribution in [-0.4, -0.2) is 105 Å². The molecule has 0 aliphatic carbocycles. The van der Waals surface area contributed by atoms with E-state index < -0.39 is 24.2 Å². The fourth-order valence-electron chi connectivity index (χ4n) is 6.02. The Kier molecular flexibility index (Phi) is 14.7. The van der Waals surface area contributed by atoms with Gasteiger partial charge in [0.15, 0.2) is 0 Å². The van der Waals surface area contributed by atoms with Crippen molar-refractivity contribution >= 4 is 30.4 Å². The molecule has 1 amide bonds. The SMILES string of the molecule is C/C(=C\c1cc(F)cc(N2CCOCC2)c1)[C@@H](C=O)[C@@H](C)/C=C/[C@H](OC(=O)N(C)C1CCN(C)CC1)[C@@H](C)CC[C@@H](O)CC=O. The highest BCUT2D eigenvalue weighted by Crippen LogP contribution is 2.27. The number of morpholine rings is 1. The van der Waals surface area contributed by atoms with Gasteiger partial charge in [-0.1, -0.05) is 31.6 Å². The van der Waals surface area contributed by atoms with Gasteiger partial charge in [-0.3, -0.25) is 0 Å². The molecule has 45 heavy (non-hydrogen) atoms. The third-order valence-corrected chi connectivity index (χ3v) is 9.16. The van der Waals surface area contributed by atoms with E-state index in [-0.39, 0.29) is 30.1 Å². The summed E-state index contributed by atoms with van der Waals surface area (Å²) in [4.78, 5) is 42.4. The second-order valence-corrected chi connectivity index (χ2v) is 12.7. The van der Waals surface area contributed by atoms with Crippen molar-refractivity contribution in [1.82, 2.24) is 9.80 Å². The van der Waals surface area contributed by atoms with Crippen LogP contribution in [0.3, 0.4) is 0 Å². The van der Waals surface area contributed by atoms with Crippen LogP contribution in [0.4, 0.5) is 14.9 Å². The summed E-state index contributed by atoms with van der Waals surface area (Å²) in [6.07, 6.45) is 8.21. The molecular weight excluding hydrogens is 577 g/mol. The predicted molar refractivity (Wildman–Crippen MR) is 175 cm³/mol. The molecule has 2 aliphatic rings. The van der Waals surface area contributed by atoms with Crippen LogP contribution in [0.2, 0.25) is 0 Å². The van der Waals surface area contributed by atoms with Crippen LogP contribution in [0.1, 0.15) is 58.4 Å². The van der Waals surface area contributed by atoms with Gasteiger partial charge in [-0.2, -0.15) is 0 Å². The zero-order chi connectivity index (χ0) is 32.9. The van der Waals surface area contributed by atoms with Crippen molar-refractivity contribution in [2.75, 3.05) is 58.4 Å². The van der Waals surface area contributed by atoms with Crippen LogP contribution in [0, 0.1) is 23.6 Å². The third-order valence-electron chi connectivity index (χ3n) is 9.16. The van der Waals surface area contributed by atoms with Crippen molar-refractivity contribution in [2.45, 2.75) is 71.1 Å². The molecule has 0 unspecified atom stereocenters. The maximum atomic E-state index is 14.6. The van der Waals surface area contributed by atoms with Gasteiger partial charge in [0.05, 0.1) is 19.3 Å². The number of amides is 1. The van der Waals surface area contributed by atoms with Crippen molar-refractivity contribution in [3.8, 4) is 0 Å². The summed E-state index contributed by atoms with van der Waals surface area (Å²) in [5, 5.41) is 10.1. The van der Waals surface area contributed by atoms with Gasteiger partial charge in [-0.25, -0.2) is 9.18 Å². The Labute approximate surface area is 268 Å². The molecule has 2 heterocycles. The Morgan fingerprint density at radius 2 is 1.80 bits per heavy atom. The topological polar surface area (TPSA) is 99.6 Å². The van der Waals surface area contributed by atoms with Gasteiger partial charge in [-0.05, 0) is 94.4 Å². The highest BCUT2D eigenvalue weighted by molar-refractivity contribution is 5.68. The molecule has 0 aromatic heterocycles. The lowest BCUT2D eigenvalue weighted by atomic mass is 9.86. The number of aliphatic hydroxyl groups is 1. The first-order valence-electron chi connectivity index (χ1n) is 16.2. The number of aliphatic hydroxyl groups excluding tert-OH is 1. The number of ether oxygens (including phenoxy) is 2. The molecule has 0 radical (unpaired) electrons. The molecule has 1 aromatic rings. The molecule has 10 heteroatoms. The lowest BCUT2D eigenvalue weighted by Gasteiger charge is -2.35. The first-order chi connectivity index (χ1) is 21.5.